The standard InChI is InChI=1S/C15H20N2/c1-10(2)11-4-5-12-13(15(16)6-7-15)9-17(3)14(12)8-11/h4-5,8-10H,6-7,16H2,1-3H3. The summed E-state index contributed by atoms with van der Waals surface area (Å²) in [6.07, 6.45) is 4.46. The van der Waals surface area contributed by atoms with Crippen molar-refractivity contribution in [2.24, 2.45) is 12.8 Å². The van der Waals surface area contributed by atoms with Gasteiger partial charge in [0.15, 0.2) is 0 Å². The molecule has 1 saturated carbocycles. The second-order valence-corrected chi connectivity index (χ2v) is 5.74. The van der Waals surface area contributed by atoms with Crippen LogP contribution in [0.5, 0.6) is 0 Å². The highest BCUT2D eigenvalue weighted by Gasteiger charge is 2.41. The predicted molar refractivity (Wildman–Crippen MR) is 72.1 cm³/mol. The number of aryl methyl sites for hydroxylation is 1. The van der Waals surface area contributed by atoms with Crippen LogP contribution in [0.15, 0.2) is 24.4 Å². The summed E-state index contributed by atoms with van der Waals surface area (Å²) in [4.78, 5) is 0. The zero-order valence-corrected chi connectivity index (χ0v) is 10.8. The molecule has 0 atom stereocenters. The third-order valence-corrected chi connectivity index (χ3v) is 4.01. The highest BCUT2D eigenvalue weighted by molar-refractivity contribution is 5.86. The van der Waals surface area contributed by atoms with E-state index in [4.69, 9.17) is 5.73 Å². The molecule has 2 heteroatoms. The van der Waals surface area contributed by atoms with Crippen LogP contribution in [0.25, 0.3) is 10.9 Å². The number of nitrogens with zero attached hydrogens (tertiary/aromatic N) is 1. The number of hydrogen-bond acceptors (Lipinski definition) is 1. The normalized spacial score (nSPS) is 17.9. The van der Waals surface area contributed by atoms with Crippen LogP contribution in [0.3, 0.4) is 0 Å². The molecule has 2 aromatic rings. The van der Waals surface area contributed by atoms with Gasteiger partial charge in [-0.2, -0.15) is 0 Å². The average molecular weight is 228 g/mol. The van der Waals surface area contributed by atoms with Crippen molar-refractivity contribution in [1.82, 2.24) is 4.57 Å². The second-order valence-electron chi connectivity index (χ2n) is 5.74. The summed E-state index contributed by atoms with van der Waals surface area (Å²) in [6.45, 7) is 4.46. The molecular formula is C15H20N2. The third-order valence-electron chi connectivity index (χ3n) is 4.01. The van der Waals surface area contributed by atoms with Crippen molar-refractivity contribution in [1.29, 1.82) is 0 Å². The van der Waals surface area contributed by atoms with Crippen LogP contribution in [0, 0.1) is 0 Å². The molecule has 1 fully saturated rings. The van der Waals surface area contributed by atoms with Crippen LogP contribution in [-0.4, -0.2) is 4.57 Å². The molecule has 0 bridgehead atoms. The quantitative estimate of drug-likeness (QED) is 0.840. The first-order valence-electron chi connectivity index (χ1n) is 6.39. The molecule has 0 saturated heterocycles. The molecule has 0 radical (unpaired) electrons. The lowest BCUT2D eigenvalue weighted by Crippen LogP contribution is -2.18. The molecule has 2 nitrogen and oxygen atoms in total. The molecule has 1 aliphatic carbocycles. The van der Waals surface area contributed by atoms with Gasteiger partial charge in [0, 0.05) is 29.7 Å². The summed E-state index contributed by atoms with van der Waals surface area (Å²) in [5.41, 5.74) is 10.3. The fourth-order valence-electron chi connectivity index (χ4n) is 2.56. The Labute approximate surface area is 102 Å². The lowest BCUT2D eigenvalue weighted by molar-refractivity contribution is 0.741. The van der Waals surface area contributed by atoms with Crippen molar-refractivity contribution >= 4 is 10.9 Å². The molecule has 1 heterocycles. The molecule has 17 heavy (non-hydrogen) atoms. The molecule has 0 spiro atoms. The summed E-state index contributed by atoms with van der Waals surface area (Å²) in [5, 5.41) is 1.33. The average Bonchev–Trinajstić information content (AvgIpc) is 2.95. The molecule has 2 N–H and O–H groups in total. The number of aromatic nitrogens is 1. The van der Waals surface area contributed by atoms with Crippen LogP contribution >= 0.6 is 0 Å². The van der Waals surface area contributed by atoms with E-state index in [0.29, 0.717) is 5.92 Å². The van der Waals surface area contributed by atoms with Gasteiger partial charge in [-0.05, 0) is 36.0 Å². The third kappa shape index (κ3) is 1.59. The van der Waals surface area contributed by atoms with Gasteiger partial charge < -0.3 is 10.3 Å². The van der Waals surface area contributed by atoms with Gasteiger partial charge >= 0.3 is 0 Å². The maximum Gasteiger partial charge on any atom is 0.0484 e. The van der Waals surface area contributed by atoms with Gasteiger partial charge in [0.05, 0.1) is 0 Å². The molecule has 0 aliphatic heterocycles. The van der Waals surface area contributed by atoms with Crippen LogP contribution in [0.2, 0.25) is 0 Å². The zero-order valence-electron chi connectivity index (χ0n) is 10.8. The van der Waals surface area contributed by atoms with Gasteiger partial charge in [-0.25, -0.2) is 0 Å². The molecule has 1 aromatic carbocycles. The molecular weight excluding hydrogens is 208 g/mol. The minimum atomic E-state index is -0.0428. The predicted octanol–water partition coefficient (Wildman–Crippen LogP) is 3.25. The van der Waals surface area contributed by atoms with Crippen molar-refractivity contribution in [3.05, 3.63) is 35.5 Å². The van der Waals surface area contributed by atoms with Crippen molar-refractivity contribution in [3.8, 4) is 0 Å². The van der Waals surface area contributed by atoms with Gasteiger partial charge in [0.25, 0.3) is 0 Å². The Morgan fingerprint density at radius 2 is 2.00 bits per heavy atom. The zero-order chi connectivity index (χ0) is 12.2. The number of rotatable bonds is 2. The number of benzene rings is 1. The van der Waals surface area contributed by atoms with Crippen molar-refractivity contribution < 1.29 is 0 Å². The molecule has 0 amide bonds. The summed E-state index contributed by atoms with van der Waals surface area (Å²) in [5.74, 6) is 0.575. The molecule has 0 unspecified atom stereocenters. The maximum absolute atomic E-state index is 6.33. The minimum absolute atomic E-state index is 0.0428. The lowest BCUT2D eigenvalue weighted by Gasteiger charge is -2.08. The Bertz CT molecular complexity index is 574. The van der Waals surface area contributed by atoms with Crippen molar-refractivity contribution in [3.63, 3.8) is 0 Å². The number of fused-ring (bicyclic) bond motifs is 1. The minimum Gasteiger partial charge on any atom is -0.350 e. The van der Waals surface area contributed by atoms with Crippen molar-refractivity contribution in [2.75, 3.05) is 0 Å². The van der Waals surface area contributed by atoms with Crippen molar-refractivity contribution in [2.45, 2.75) is 38.1 Å². The number of hydrogen-bond donors (Lipinski definition) is 1. The summed E-state index contributed by atoms with van der Waals surface area (Å²) < 4.78 is 2.21. The molecule has 1 aromatic heterocycles. The Morgan fingerprint density at radius 3 is 2.59 bits per heavy atom. The summed E-state index contributed by atoms with van der Waals surface area (Å²) >= 11 is 0. The molecule has 3 rings (SSSR count). The first kappa shape index (κ1) is 10.8. The van der Waals surface area contributed by atoms with Crippen LogP contribution < -0.4 is 5.73 Å². The first-order valence-corrected chi connectivity index (χ1v) is 6.39. The van der Waals surface area contributed by atoms with E-state index >= 15 is 0 Å². The second kappa shape index (κ2) is 3.36. The van der Waals surface area contributed by atoms with Gasteiger partial charge in [-0.15, -0.1) is 0 Å². The monoisotopic (exact) mass is 228 g/mol. The van der Waals surface area contributed by atoms with E-state index < -0.39 is 0 Å². The van der Waals surface area contributed by atoms with Gasteiger partial charge in [0.2, 0.25) is 0 Å². The Balaban J connectivity index is 2.22. The van der Waals surface area contributed by atoms with E-state index in [9.17, 15) is 0 Å². The van der Waals surface area contributed by atoms with E-state index in [1.54, 1.807) is 0 Å². The van der Waals surface area contributed by atoms with Crippen LogP contribution in [0.1, 0.15) is 43.7 Å². The summed E-state index contributed by atoms with van der Waals surface area (Å²) in [7, 11) is 2.11. The van der Waals surface area contributed by atoms with E-state index in [2.05, 4.69) is 49.9 Å². The van der Waals surface area contributed by atoms with E-state index in [-0.39, 0.29) is 5.54 Å². The van der Waals surface area contributed by atoms with E-state index in [0.717, 1.165) is 12.8 Å². The molecule has 90 valence electrons. The highest BCUT2D eigenvalue weighted by atomic mass is 14.9. The van der Waals surface area contributed by atoms with E-state index in [1.807, 2.05) is 0 Å². The Hall–Kier alpha value is -1.28. The highest BCUT2D eigenvalue weighted by Crippen LogP contribution is 2.46. The molecule has 1 aliphatic rings. The lowest BCUT2D eigenvalue weighted by atomic mass is 9.99. The van der Waals surface area contributed by atoms with Crippen LogP contribution in [-0.2, 0) is 12.6 Å². The fourth-order valence-corrected chi connectivity index (χ4v) is 2.56. The number of nitrogens with two attached hydrogens (primary N) is 1. The SMILES string of the molecule is CC(C)c1ccc2c(C3(N)CC3)cn(C)c2c1. The first-order chi connectivity index (χ1) is 8.01. The Kier molecular flexibility index (Phi) is 2.14. The van der Waals surface area contributed by atoms with Gasteiger partial charge in [0.1, 0.15) is 0 Å². The largest absolute Gasteiger partial charge is 0.350 e. The summed E-state index contributed by atoms with van der Waals surface area (Å²) in [6, 6.07) is 6.78. The Morgan fingerprint density at radius 1 is 1.29 bits per heavy atom. The topological polar surface area (TPSA) is 30.9 Å². The smallest absolute Gasteiger partial charge is 0.0484 e. The van der Waals surface area contributed by atoms with Gasteiger partial charge in [-0.1, -0.05) is 26.0 Å². The maximum atomic E-state index is 6.33. The fraction of sp³-hybridized carbons (Fsp3) is 0.467. The van der Waals surface area contributed by atoms with E-state index in [1.165, 1.54) is 22.0 Å². The van der Waals surface area contributed by atoms with Crippen LogP contribution in [0.4, 0.5) is 0 Å². The van der Waals surface area contributed by atoms with Gasteiger partial charge in [-0.3, -0.25) is 0 Å².